The lowest BCUT2D eigenvalue weighted by molar-refractivity contribution is -0.699. The van der Waals surface area contributed by atoms with Gasteiger partial charge in [-0.1, -0.05) is 32.9 Å². The number of allylic oxidation sites excluding steroid dienone is 3. The number of Topliss-reactive ketones (excluding diaryl/α,β-unsaturated/α-hetero) is 1. The van der Waals surface area contributed by atoms with E-state index in [0.717, 1.165) is 94.7 Å². The molecule has 1 spiro atoms. The molecule has 2 bridgehead atoms. The van der Waals surface area contributed by atoms with Crippen LogP contribution in [0.2, 0.25) is 0 Å². The van der Waals surface area contributed by atoms with Crippen LogP contribution in [0.3, 0.4) is 0 Å². The number of ketones is 1. The van der Waals surface area contributed by atoms with E-state index in [2.05, 4.69) is 31.3 Å². The van der Waals surface area contributed by atoms with Gasteiger partial charge < -0.3 is 35.2 Å². The molecular formula is C45H69N2O7+. The molecule has 10 rings (SSSR count). The van der Waals surface area contributed by atoms with Gasteiger partial charge in [0.2, 0.25) is 0 Å². The summed E-state index contributed by atoms with van der Waals surface area (Å²) in [5, 5.41) is 50.9. The Balaban J connectivity index is 1.03. The molecule has 8 N–H and O–H groups in total. The lowest BCUT2D eigenvalue weighted by Gasteiger charge is -2.71. The summed E-state index contributed by atoms with van der Waals surface area (Å²) in [5.41, 5.74) is 3.75. The summed E-state index contributed by atoms with van der Waals surface area (Å²) in [6.45, 7) is 10.1. The predicted molar refractivity (Wildman–Crippen MR) is 202 cm³/mol. The Kier molecular flexibility index (Phi) is 8.38. The van der Waals surface area contributed by atoms with Crippen LogP contribution in [0.5, 0.6) is 0 Å². The lowest BCUT2D eigenvalue weighted by Crippen LogP contribution is -2.94. The van der Waals surface area contributed by atoms with E-state index >= 15 is 0 Å². The van der Waals surface area contributed by atoms with Gasteiger partial charge in [0.15, 0.2) is 5.78 Å². The molecule has 300 valence electrons. The van der Waals surface area contributed by atoms with E-state index < -0.39 is 39.8 Å². The molecular weight excluding hydrogens is 681 g/mol. The largest absolute Gasteiger partial charge is 0.396 e. The molecule has 0 aromatic heterocycles. The van der Waals surface area contributed by atoms with Crippen molar-refractivity contribution in [2.45, 2.75) is 159 Å². The lowest BCUT2D eigenvalue weighted by atomic mass is 9.33. The highest BCUT2D eigenvalue weighted by Crippen LogP contribution is 2.79. The normalized spacial score (nSPS) is 55.1. The van der Waals surface area contributed by atoms with Gasteiger partial charge in [0, 0.05) is 29.8 Å². The molecule has 19 atom stereocenters. The quantitative estimate of drug-likeness (QED) is 0.162. The third kappa shape index (κ3) is 4.65. The van der Waals surface area contributed by atoms with Crippen LogP contribution >= 0.6 is 0 Å². The van der Waals surface area contributed by atoms with Crippen LogP contribution in [-0.4, -0.2) is 87.2 Å². The molecule has 3 aliphatic heterocycles. The van der Waals surface area contributed by atoms with Crippen LogP contribution in [0, 0.1) is 69.5 Å². The van der Waals surface area contributed by atoms with E-state index in [1.165, 1.54) is 0 Å². The van der Waals surface area contributed by atoms with Crippen LogP contribution in [0.25, 0.3) is 0 Å². The molecule has 9 heteroatoms. The van der Waals surface area contributed by atoms with Gasteiger partial charge in [-0.2, -0.15) is 0 Å². The van der Waals surface area contributed by atoms with E-state index in [-0.39, 0.29) is 59.7 Å². The first-order valence-electron chi connectivity index (χ1n) is 22.2. The molecule has 4 saturated carbocycles. The van der Waals surface area contributed by atoms with Crippen LogP contribution in [0.1, 0.15) is 118 Å². The number of piperidine rings is 1. The SMILES string of the molecule is C[C@H]1CCO[C@@]([C@@H]2O[C@@H]2[C@](C)(O)[C@](C)(CO)CCC2CC[NH2+]C(N)C2)([C@@H]2C[C@H]3CCC4=C5C6[C@H](C[C@@H]7C=CC[C@]68[C@@H](C[C@@H](O)C[C@@H]78)C4=O)C[C@@]2(C)[C@]53O)C1. The monoisotopic (exact) mass is 750 g/mol. The standard InChI is InChI=1S/C45H68N2O7/c1-24-11-15-53-44(21-24,39-38(54-39)42(4,51)40(2,23-48)13-9-25-10-14-47-34(46)16-25)33-18-28-7-8-30-36-35-27(22-41(33,3)45(28,36)52)17-26-6-5-12-43(35)31(26)19-29(49)20-32(43)37(30)50/h5-6,24-29,31-35,38-39,47-49,51-52H,7-23,46H2,1-4H3/p+1/t24-,25?,26-,27+,28+,29-,31-,32-,33+,34?,35?,38-,39+,40-,41+,42-,43-,44+,45+/m0/s1. The highest BCUT2D eigenvalue weighted by atomic mass is 16.6. The van der Waals surface area contributed by atoms with Gasteiger partial charge in [0.05, 0.1) is 30.5 Å². The van der Waals surface area contributed by atoms with E-state index in [9.17, 15) is 25.2 Å². The van der Waals surface area contributed by atoms with Crippen molar-refractivity contribution in [1.29, 1.82) is 0 Å². The number of quaternary nitrogens is 1. The molecule has 3 unspecified atom stereocenters. The molecule has 3 heterocycles. The molecule has 0 aromatic rings. The van der Waals surface area contributed by atoms with Crippen molar-refractivity contribution in [3.05, 3.63) is 23.3 Å². The van der Waals surface area contributed by atoms with E-state index in [0.29, 0.717) is 43.1 Å². The summed E-state index contributed by atoms with van der Waals surface area (Å²) < 4.78 is 14.0. The van der Waals surface area contributed by atoms with Gasteiger partial charge in [-0.05, 0) is 154 Å². The van der Waals surface area contributed by atoms with Crippen molar-refractivity contribution in [2.75, 3.05) is 19.8 Å². The number of nitrogens with two attached hydrogens (primary N) is 2. The summed E-state index contributed by atoms with van der Waals surface area (Å²) in [6, 6.07) is 0. The number of rotatable bonds is 8. The Morgan fingerprint density at radius 3 is 2.67 bits per heavy atom. The molecule has 7 aliphatic carbocycles. The number of hydrogen-bond donors (Lipinski definition) is 6. The Labute approximate surface area is 322 Å². The van der Waals surface area contributed by atoms with Gasteiger partial charge in [-0.25, -0.2) is 0 Å². The van der Waals surface area contributed by atoms with Crippen LogP contribution in [0.15, 0.2) is 23.3 Å². The molecule has 0 aromatic carbocycles. The fraction of sp³-hybridized carbons (Fsp3) is 0.889. The summed E-state index contributed by atoms with van der Waals surface area (Å²) in [4.78, 5) is 14.9. The van der Waals surface area contributed by atoms with E-state index in [1.807, 2.05) is 13.8 Å². The van der Waals surface area contributed by atoms with Gasteiger partial charge in [-0.3, -0.25) is 10.5 Å². The minimum atomic E-state index is -1.29. The van der Waals surface area contributed by atoms with Crippen LogP contribution in [0.4, 0.5) is 0 Å². The third-order valence-corrected chi connectivity index (χ3v) is 19.3. The number of epoxide rings is 1. The van der Waals surface area contributed by atoms with Crippen molar-refractivity contribution in [2.24, 2.45) is 75.2 Å². The molecule has 0 radical (unpaired) electrons. The zero-order valence-corrected chi connectivity index (χ0v) is 33.3. The Bertz CT molecular complexity index is 1630. The van der Waals surface area contributed by atoms with Gasteiger partial charge in [0.25, 0.3) is 0 Å². The zero-order valence-electron chi connectivity index (χ0n) is 33.3. The number of aliphatic hydroxyl groups is 4. The number of carbonyl (C=O) groups is 1. The second-order valence-electron chi connectivity index (χ2n) is 21.7. The minimum Gasteiger partial charge on any atom is -0.396 e. The number of ether oxygens (including phenoxy) is 2. The average Bonchev–Trinajstić information content (AvgIpc) is 3.91. The van der Waals surface area contributed by atoms with Crippen LogP contribution < -0.4 is 11.1 Å². The van der Waals surface area contributed by atoms with Crippen molar-refractivity contribution < 1.29 is 40.0 Å². The molecule has 7 fully saturated rings. The first-order valence-corrected chi connectivity index (χ1v) is 22.2. The molecule has 0 amide bonds. The Hall–Kier alpha value is -1.17. The highest BCUT2D eigenvalue weighted by Gasteiger charge is 2.80. The zero-order chi connectivity index (χ0) is 37.8. The number of carbonyl (C=O) groups excluding carboxylic acids is 1. The fourth-order valence-corrected chi connectivity index (χ4v) is 16.5. The Morgan fingerprint density at radius 2 is 1.91 bits per heavy atom. The Morgan fingerprint density at radius 1 is 1.09 bits per heavy atom. The first kappa shape index (κ1) is 37.1. The van der Waals surface area contributed by atoms with Gasteiger partial charge >= 0.3 is 0 Å². The van der Waals surface area contributed by atoms with Crippen molar-refractivity contribution in [3.63, 3.8) is 0 Å². The second-order valence-corrected chi connectivity index (χ2v) is 21.7. The molecule has 9 nitrogen and oxygen atoms in total. The topological polar surface area (TPSA) is 162 Å². The van der Waals surface area contributed by atoms with Crippen molar-refractivity contribution >= 4 is 5.78 Å². The predicted octanol–water partition coefficient (Wildman–Crippen LogP) is 3.76. The fourth-order valence-electron chi connectivity index (χ4n) is 16.5. The average molecular weight is 750 g/mol. The van der Waals surface area contributed by atoms with Crippen LogP contribution in [-0.2, 0) is 14.3 Å². The summed E-state index contributed by atoms with van der Waals surface area (Å²) in [6.07, 6.45) is 15.6. The van der Waals surface area contributed by atoms with Gasteiger partial charge in [0.1, 0.15) is 24.0 Å². The summed E-state index contributed by atoms with van der Waals surface area (Å²) in [7, 11) is 0. The highest BCUT2D eigenvalue weighted by molar-refractivity contribution is 6.01. The minimum absolute atomic E-state index is 0.00619. The maximum absolute atomic E-state index is 14.9. The first-order chi connectivity index (χ1) is 25.6. The summed E-state index contributed by atoms with van der Waals surface area (Å²) >= 11 is 0. The van der Waals surface area contributed by atoms with Gasteiger partial charge in [-0.15, -0.1) is 0 Å². The summed E-state index contributed by atoms with van der Waals surface area (Å²) in [5.74, 6) is 2.17. The number of hydrogen-bond acceptors (Lipinski definition) is 8. The molecule has 10 aliphatic rings. The molecule has 3 saturated heterocycles. The van der Waals surface area contributed by atoms with E-state index in [4.69, 9.17) is 15.2 Å². The maximum atomic E-state index is 14.9. The second kappa shape index (κ2) is 12.2. The number of aliphatic hydroxyl groups excluding tert-OH is 2. The molecule has 54 heavy (non-hydrogen) atoms. The van der Waals surface area contributed by atoms with Crippen molar-refractivity contribution in [3.8, 4) is 0 Å². The smallest absolute Gasteiger partial charge is 0.162 e. The maximum Gasteiger partial charge on any atom is 0.162 e. The van der Waals surface area contributed by atoms with Crippen molar-refractivity contribution in [1.82, 2.24) is 0 Å². The van der Waals surface area contributed by atoms with E-state index in [1.54, 1.807) is 0 Å². The third-order valence-electron chi connectivity index (χ3n) is 19.3.